The van der Waals surface area contributed by atoms with E-state index in [1.54, 1.807) is 0 Å². The third kappa shape index (κ3) is 4.44. The van der Waals surface area contributed by atoms with Crippen LogP contribution in [0.3, 0.4) is 0 Å². The maximum atomic E-state index is 13.0. The summed E-state index contributed by atoms with van der Waals surface area (Å²) in [4.78, 5) is 17.5. The number of hydrogen-bond donors (Lipinski definition) is 0. The van der Waals surface area contributed by atoms with Crippen molar-refractivity contribution < 1.29 is 9.53 Å². The van der Waals surface area contributed by atoms with Gasteiger partial charge in [-0.25, -0.2) is 0 Å². The summed E-state index contributed by atoms with van der Waals surface area (Å²) < 4.78 is 5.87. The fourth-order valence-corrected chi connectivity index (χ4v) is 3.52. The number of ether oxygens (including phenoxy) is 1. The largest absolute Gasteiger partial charge is 0.457 e. The molecular formula is C22H26N2O2. The molecule has 0 unspecified atom stereocenters. The molecule has 0 bridgehead atoms. The van der Waals surface area contributed by atoms with Crippen LogP contribution in [-0.4, -0.2) is 48.4 Å². The SMILES string of the molecule is O=C(c1cccc(Oc2ccccc2)c1)N1CCCN(CC2CC2)CC1. The van der Waals surface area contributed by atoms with Crippen molar-refractivity contribution in [2.24, 2.45) is 5.92 Å². The molecule has 2 fully saturated rings. The summed E-state index contributed by atoms with van der Waals surface area (Å²) in [5, 5.41) is 0. The van der Waals surface area contributed by atoms with Crippen LogP contribution >= 0.6 is 0 Å². The minimum absolute atomic E-state index is 0.108. The first-order valence-corrected chi connectivity index (χ1v) is 9.62. The Kier molecular flexibility index (Phi) is 5.21. The van der Waals surface area contributed by atoms with Crippen LogP contribution in [0.4, 0.5) is 0 Å². The third-order valence-electron chi connectivity index (χ3n) is 5.15. The van der Waals surface area contributed by atoms with Gasteiger partial charge in [0.25, 0.3) is 5.91 Å². The molecule has 0 N–H and O–H groups in total. The molecule has 1 amide bonds. The van der Waals surface area contributed by atoms with Crippen molar-refractivity contribution in [3.63, 3.8) is 0 Å². The van der Waals surface area contributed by atoms with Gasteiger partial charge in [-0.05, 0) is 62.1 Å². The smallest absolute Gasteiger partial charge is 0.254 e. The summed E-state index contributed by atoms with van der Waals surface area (Å²) in [6, 6.07) is 17.2. The van der Waals surface area contributed by atoms with E-state index in [0.717, 1.165) is 44.3 Å². The van der Waals surface area contributed by atoms with Gasteiger partial charge >= 0.3 is 0 Å². The Hall–Kier alpha value is -2.33. The number of rotatable bonds is 5. The number of nitrogens with zero attached hydrogens (tertiary/aromatic N) is 2. The lowest BCUT2D eigenvalue weighted by atomic mass is 10.2. The van der Waals surface area contributed by atoms with Crippen LogP contribution in [0.2, 0.25) is 0 Å². The van der Waals surface area contributed by atoms with Gasteiger partial charge in [-0.2, -0.15) is 0 Å². The molecule has 0 radical (unpaired) electrons. The van der Waals surface area contributed by atoms with Crippen molar-refractivity contribution in [3.05, 3.63) is 60.2 Å². The molecule has 1 aliphatic heterocycles. The van der Waals surface area contributed by atoms with Crippen LogP contribution < -0.4 is 4.74 Å². The van der Waals surface area contributed by atoms with E-state index in [9.17, 15) is 4.79 Å². The van der Waals surface area contributed by atoms with Gasteiger partial charge in [0, 0.05) is 31.7 Å². The van der Waals surface area contributed by atoms with Gasteiger partial charge in [0.15, 0.2) is 0 Å². The zero-order valence-corrected chi connectivity index (χ0v) is 15.1. The van der Waals surface area contributed by atoms with E-state index in [1.807, 2.05) is 59.5 Å². The normalized spacial score (nSPS) is 18.4. The molecule has 2 aliphatic rings. The Labute approximate surface area is 155 Å². The first kappa shape index (κ1) is 17.1. The van der Waals surface area contributed by atoms with Crippen LogP contribution in [0, 0.1) is 5.92 Å². The van der Waals surface area contributed by atoms with Gasteiger partial charge in [0.05, 0.1) is 0 Å². The molecule has 136 valence electrons. The molecule has 1 saturated carbocycles. The van der Waals surface area contributed by atoms with Crippen molar-refractivity contribution in [2.45, 2.75) is 19.3 Å². The summed E-state index contributed by atoms with van der Waals surface area (Å²) in [7, 11) is 0. The average Bonchev–Trinajstić information content (AvgIpc) is 3.50. The van der Waals surface area contributed by atoms with Gasteiger partial charge in [0.1, 0.15) is 11.5 Å². The lowest BCUT2D eigenvalue weighted by Gasteiger charge is -2.22. The van der Waals surface area contributed by atoms with E-state index in [2.05, 4.69) is 4.90 Å². The molecule has 4 heteroatoms. The molecule has 26 heavy (non-hydrogen) atoms. The number of carbonyl (C=O) groups excluding carboxylic acids is 1. The summed E-state index contributed by atoms with van der Waals surface area (Å²) in [5.41, 5.74) is 0.703. The summed E-state index contributed by atoms with van der Waals surface area (Å²) in [5.74, 6) is 2.50. The van der Waals surface area contributed by atoms with Gasteiger partial charge in [0.2, 0.25) is 0 Å². The maximum Gasteiger partial charge on any atom is 0.254 e. The van der Waals surface area contributed by atoms with Gasteiger partial charge < -0.3 is 14.5 Å². The highest BCUT2D eigenvalue weighted by molar-refractivity contribution is 5.94. The van der Waals surface area contributed by atoms with Crippen LogP contribution in [0.5, 0.6) is 11.5 Å². The topological polar surface area (TPSA) is 32.8 Å². The highest BCUT2D eigenvalue weighted by Gasteiger charge is 2.26. The van der Waals surface area contributed by atoms with Crippen molar-refractivity contribution in [2.75, 3.05) is 32.7 Å². The second kappa shape index (κ2) is 7.92. The molecule has 4 rings (SSSR count). The van der Waals surface area contributed by atoms with Gasteiger partial charge in [-0.3, -0.25) is 4.79 Å². The van der Waals surface area contributed by atoms with Crippen LogP contribution in [0.25, 0.3) is 0 Å². The average molecular weight is 350 g/mol. The Morgan fingerprint density at radius 3 is 2.54 bits per heavy atom. The van der Waals surface area contributed by atoms with Crippen molar-refractivity contribution in [3.8, 4) is 11.5 Å². The minimum Gasteiger partial charge on any atom is -0.457 e. The Morgan fingerprint density at radius 2 is 1.73 bits per heavy atom. The van der Waals surface area contributed by atoms with E-state index in [-0.39, 0.29) is 5.91 Å². The van der Waals surface area contributed by atoms with Gasteiger partial charge in [-0.1, -0.05) is 24.3 Å². The predicted molar refractivity (Wildman–Crippen MR) is 103 cm³/mol. The molecule has 0 atom stereocenters. The number of hydrogen-bond acceptors (Lipinski definition) is 3. The third-order valence-corrected chi connectivity index (χ3v) is 5.15. The summed E-state index contributed by atoms with van der Waals surface area (Å²) in [6.07, 6.45) is 3.82. The predicted octanol–water partition coefficient (Wildman–Crippen LogP) is 4.04. The number of amides is 1. The second-order valence-electron chi connectivity index (χ2n) is 7.33. The first-order chi connectivity index (χ1) is 12.8. The summed E-state index contributed by atoms with van der Waals surface area (Å²) >= 11 is 0. The Balaban J connectivity index is 1.40. The number of carbonyl (C=O) groups is 1. The van der Waals surface area contributed by atoms with Crippen molar-refractivity contribution in [1.82, 2.24) is 9.80 Å². The quantitative estimate of drug-likeness (QED) is 0.816. The zero-order chi connectivity index (χ0) is 17.8. The van der Waals surface area contributed by atoms with Gasteiger partial charge in [-0.15, -0.1) is 0 Å². The Bertz CT molecular complexity index is 743. The number of benzene rings is 2. The molecule has 1 aliphatic carbocycles. The number of para-hydroxylation sites is 1. The van der Waals surface area contributed by atoms with E-state index in [0.29, 0.717) is 11.3 Å². The van der Waals surface area contributed by atoms with Crippen LogP contribution in [-0.2, 0) is 0 Å². The molecular weight excluding hydrogens is 324 g/mol. The monoisotopic (exact) mass is 350 g/mol. The molecule has 2 aromatic carbocycles. The van der Waals surface area contributed by atoms with Crippen molar-refractivity contribution >= 4 is 5.91 Å². The maximum absolute atomic E-state index is 13.0. The molecule has 1 heterocycles. The molecule has 0 spiro atoms. The first-order valence-electron chi connectivity index (χ1n) is 9.62. The molecule has 4 nitrogen and oxygen atoms in total. The minimum atomic E-state index is 0.108. The highest BCUT2D eigenvalue weighted by atomic mass is 16.5. The van der Waals surface area contributed by atoms with E-state index in [4.69, 9.17) is 4.74 Å². The fraction of sp³-hybridized carbons (Fsp3) is 0.409. The van der Waals surface area contributed by atoms with Crippen molar-refractivity contribution in [1.29, 1.82) is 0 Å². The van der Waals surface area contributed by atoms with Crippen LogP contribution in [0.15, 0.2) is 54.6 Å². The van der Waals surface area contributed by atoms with Crippen LogP contribution in [0.1, 0.15) is 29.6 Å². The lowest BCUT2D eigenvalue weighted by molar-refractivity contribution is 0.0761. The second-order valence-corrected chi connectivity index (χ2v) is 7.33. The zero-order valence-electron chi connectivity index (χ0n) is 15.1. The fourth-order valence-electron chi connectivity index (χ4n) is 3.52. The lowest BCUT2D eigenvalue weighted by Crippen LogP contribution is -2.35. The van der Waals surface area contributed by atoms with E-state index < -0.39 is 0 Å². The Morgan fingerprint density at radius 1 is 0.923 bits per heavy atom. The summed E-state index contributed by atoms with van der Waals surface area (Å²) in [6.45, 7) is 4.96. The highest BCUT2D eigenvalue weighted by Crippen LogP contribution is 2.30. The van der Waals surface area contributed by atoms with E-state index >= 15 is 0 Å². The molecule has 0 aromatic heterocycles. The van der Waals surface area contributed by atoms with E-state index in [1.165, 1.54) is 19.4 Å². The molecule has 1 saturated heterocycles. The standard InChI is InChI=1S/C22H26N2O2/c25-22(24-13-5-12-23(14-15-24)17-18-10-11-18)19-6-4-9-21(16-19)26-20-7-2-1-3-8-20/h1-4,6-9,16,18H,5,10-15,17H2. The molecule has 2 aromatic rings.